The minimum absolute atomic E-state index is 0.114. The zero-order valence-corrected chi connectivity index (χ0v) is 20.0. The highest BCUT2D eigenvalue weighted by atomic mass is 32.2. The molecule has 0 saturated heterocycles. The maximum atomic E-state index is 12.8. The number of nitrogens with zero attached hydrogens (tertiary/aromatic N) is 3. The van der Waals surface area contributed by atoms with E-state index >= 15 is 0 Å². The summed E-state index contributed by atoms with van der Waals surface area (Å²) in [4.78, 5) is 45.0. The molecule has 0 saturated carbocycles. The van der Waals surface area contributed by atoms with Crippen molar-refractivity contribution in [3.05, 3.63) is 86.8 Å². The minimum atomic E-state index is -0.464. The Kier molecular flexibility index (Phi) is 7.32. The predicted octanol–water partition coefficient (Wildman–Crippen LogP) is 3.99. The van der Waals surface area contributed by atoms with E-state index in [4.69, 9.17) is 4.98 Å². The number of aromatic nitrogens is 4. The van der Waals surface area contributed by atoms with Crippen molar-refractivity contribution >= 4 is 34.5 Å². The lowest BCUT2D eigenvalue weighted by atomic mass is 10.2. The second-order valence-electron chi connectivity index (χ2n) is 8.03. The fraction of sp³-hybridized carbons (Fsp3) is 0.280. The number of H-pyrrole nitrogens is 1. The molecule has 0 spiro atoms. The van der Waals surface area contributed by atoms with Gasteiger partial charge in [-0.25, -0.2) is 9.78 Å². The molecule has 2 aromatic heterocycles. The first-order valence-electron chi connectivity index (χ1n) is 11.2. The van der Waals surface area contributed by atoms with Crippen LogP contribution in [0, 0.1) is 0 Å². The lowest BCUT2D eigenvalue weighted by molar-refractivity contribution is -0.114. The summed E-state index contributed by atoms with van der Waals surface area (Å²) in [7, 11) is 0. The van der Waals surface area contributed by atoms with Crippen LogP contribution >= 0.6 is 11.8 Å². The number of rotatable bonds is 9. The largest absolute Gasteiger partial charge is 0.330 e. The molecule has 0 aliphatic heterocycles. The molecule has 4 rings (SSSR count). The molecule has 9 heteroatoms. The van der Waals surface area contributed by atoms with E-state index in [1.54, 1.807) is 11.8 Å². The Hall–Kier alpha value is -3.59. The molecule has 2 heterocycles. The van der Waals surface area contributed by atoms with Crippen LogP contribution in [0.1, 0.15) is 38.1 Å². The standard InChI is InChI=1S/C25H27N5O3S/c1-3-4-14-29-21(16-34-20-12-10-19(11-13-20)26-17(2)31)27-23-22(29)24(32)28-25(33)30(23)15-18-8-6-5-7-9-18/h5-13H,3-4,14-16H2,1-2H3,(H,26,31)(H,28,32,33). The summed E-state index contributed by atoms with van der Waals surface area (Å²) < 4.78 is 3.47. The Labute approximate surface area is 201 Å². The number of carbonyl (C=O) groups excluding carboxylic acids is 1. The fourth-order valence-electron chi connectivity index (χ4n) is 3.78. The fourth-order valence-corrected chi connectivity index (χ4v) is 4.63. The number of carbonyl (C=O) groups is 1. The van der Waals surface area contributed by atoms with Crippen LogP contribution < -0.4 is 16.6 Å². The summed E-state index contributed by atoms with van der Waals surface area (Å²) in [6.07, 6.45) is 1.87. The molecule has 2 N–H and O–H groups in total. The van der Waals surface area contributed by atoms with Crippen molar-refractivity contribution in [3.63, 3.8) is 0 Å². The molecule has 0 aliphatic carbocycles. The van der Waals surface area contributed by atoms with Gasteiger partial charge in [0.1, 0.15) is 5.82 Å². The average Bonchev–Trinajstić information content (AvgIpc) is 3.19. The quantitative estimate of drug-likeness (QED) is 0.355. The summed E-state index contributed by atoms with van der Waals surface area (Å²) >= 11 is 1.59. The Morgan fingerprint density at radius 3 is 2.47 bits per heavy atom. The third-order valence-electron chi connectivity index (χ3n) is 5.43. The van der Waals surface area contributed by atoms with Gasteiger partial charge in [0.25, 0.3) is 5.56 Å². The van der Waals surface area contributed by atoms with Crippen molar-refractivity contribution < 1.29 is 4.79 Å². The number of nitrogens with one attached hydrogen (secondary N) is 2. The van der Waals surface area contributed by atoms with Gasteiger partial charge in [-0.3, -0.25) is 19.1 Å². The molecule has 8 nitrogen and oxygen atoms in total. The van der Waals surface area contributed by atoms with Crippen molar-refractivity contribution in [2.45, 2.75) is 50.4 Å². The molecular formula is C25H27N5O3S. The van der Waals surface area contributed by atoms with E-state index in [0.717, 1.165) is 34.8 Å². The summed E-state index contributed by atoms with van der Waals surface area (Å²) in [6, 6.07) is 17.2. The number of benzene rings is 2. The molecule has 0 unspecified atom stereocenters. The first-order valence-corrected chi connectivity index (χ1v) is 12.2. The third-order valence-corrected chi connectivity index (χ3v) is 6.43. The van der Waals surface area contributed by atoms with Crippen LogP contribution in [-0.4, -0.2) is 25.0 Å². The van der Waals surface area contributed by atoms with Gasteiger partial charge < -0.3 is 9.88 Å². The highest BCUT2D eigenvalue weighted by Gasteiger charge is 2.19. The first-order chi connectivity index (χ1) is 16.5. The molecule has 0 aliphatic rings. The maximum absolute atomic E-state index is 12.8. The lowest BCUT2D eigenvalue weighted by Crippen LogP contribution is -2.31. The van der Waals surface area contributed by atoms with Gasteiger partial charge in [0.15, 0.2) is 11.2 Å². The van der Waals surface area contributed by atoms with E-state index in [-0.39, 0.29) is 5.91 Å². The average molecular weight is 478 g/mol. The zero-order chi connectivity index (χ0) is 24.1. The second kappa shape index (κ2) is 10.6. The second-order valence-corrected chi connectivity index (χ2v) is 9.08. The molecule has 176 valence electrons. The Balaban J connectivity index is 1.70. The topological polar surface area (TPSA) is 102 Å². The van der Waals surface area contributed by atoms with Gasteiger partial charge in [-0.15, -0.1) is 11.8 Å². The monoisotopic (exact) mass is 477 g/mol. The number of aromatic amines is 1. The number of anilines is 1. The third kappa shape index (κ3) is 5.31. The number of hydrogen-bond donors (Lipinski definition) is 2. The van der Waals surface area contributed by atoms with Gasteiger partial charge in [0, 0.05) is 24.1 Å². The Morgan fingerprint density at radius 2 is 1.79 bits per heavy atom. The van der Waals surface area contributed by atoms with E-state index in [0.29, 0.717) is 30.0 Å². The minimum Gasteiger partial charge on any atom is -0.326 e. The summed E-state index contributed by atoms with van der Waals surface area (Å²) in [5.74, 6) is 1.17. The van der Waals surface area contributed by atoms with Crippen LogP contribution in [0.4, 0.5) is 5.69 Å². The van der Waals surface area contributed by atoms with Gasteiger partial charge in [0.2, 0.25) is 5.91 Å². The molecule has 2 aromatic carbocycles. The van der Waals surface area contributed by atoms with Crippen LogP contribution in [-0.2, 0) is 23.6 Å². The smallest absolute Gasteiger partial charge is 0.326 e. The van der Waals surface area contributed by atoms with Crippen molar-refractivity contribution in [1.82, 2.24) is 19.1 Å². The van der Waals surface area contributed by atoms with Crippen LogP contribution in [0.3, 0.4) is 0 Å². The molecule has 0 fully saturated rings. The van der Waals surface area contributed by atoms with Crippen LogP contribution in [0.15, 0.2) is 69.1 Å². The number of imidazole rings is 1. The number of fused-ring (bicyclic) bond motifs is 1. The summed E-state index contributed by atoms with van der Waals surface area (Å²) in [5.41, 5.74) is 1.66. The maximum Gasteiger partial charge on any atom is 0.330 e. The van der Waals surface area contributed by atoms with Gasteiger partial charge in [0.05, 0.1) is 12.3 Å². The van der Waals surface area contributed by atoms with Gasteiger partial charge >= 0.3 is 5.69 Å². The van der Waals surface area contributed by atoms with E-state index in [1.165, 1.54) is 11.5 Å². The predicted molar refractivity (Wildman–Crippen MR) is 135 cm³/mol. The highest BCUT2D eigenvalue weighted by molar-refractivity contribution is 7.98. The van der Waals surface area contributed by atoms with Crippen molar-refractivity contribution in [3.8, 4) is 0 Å². The Morgan fingerprint density at radius 1 is 1.06 bits per heavy atom. The van der Waals surface area contributed by atoms with E-state index in [9.17, 15) is 14.4 Å². The van der Waals surface area contributed by atoms with Crippen LogP contribution in [0.5, 0.6) is 0 Å². The normalized spacial score (nSPS) is 11.1. The number of aryl methyl sites for hydroxylation is 1. The van der Waals surface area contributed by atoms with Gasteiger partial charge in [-0.2, -0.15) is 0 Å². The van der Waals surface area contributed by atoms with E-state index < -0.39 is 11.2 Å². The summed E-state index contributed by atoms with van der Waals surface area (Å²) in [5, 5.41) is 2.76. The SMILES string of the molecule is CCCCn1c(CSc2ccc(NC(C)=O)cc2)nc2c1c(=O)[nH]c(=O)n2Cc1ccccc1. The number of thioether (sulfide) groups is 1. The number of unbranched alkanes of at least 4 members (excludes halogenated alkanes) is 1. The van der Waals surface area contributed by atoms with Gasteiger partial charge in [-0.1, -0.05) is 43.7 Å². The van der Waals surface area contributed by atoms with Crippen LogP contribution in [0.25, 0.3) is 11.2 Å². The van der Waals surface area contributed by atoms with E-state index in [2.05, 4.69) is 17.2 Å². The summed E-state index contributed by atoms with van der Waals surface area (Å²) in [6.45, 7) is 4.55. The molecule has 34 heavy (non-hydrogen) atoms. The molecular weight excluding hydrogens is 450 g/mol. The molecule has 0 radical (unpaired) electrons. The first kappa shape index (κ1) is 23.6. The van der Waals surface area contributed by atoms with E-state index in [1.807, 2.05) is 59.2 Å². The highest BCUT2D eigenvalue weighted by Crippen LogP contribution is 2.26. The number of hydrogen-bond acceptors (Lipinski definition) is 5. The number of amides is 1. The molecule has 4 aromatic rings. The molecule has 0 atom stereocenters. The Bertz CT molecular complexity index is 1410. The van der Waals surface area contributed by atoms with Gasteiger partial charge in [-0.05, 0) is 36.2 Å². The van der Waals surface area contributed by atoms with Crippen molar-refractivity contribution in [1.29, 1.82) is 0 Å². The lowest BCUT2D eigenvalue weighted by Gasteiger charge is -2.09. The van der Waals surface area contributed by atoms with Crippen LogP contribution in [0.2, 0.25) is 0 Å². The zero-order valence-electron chi connectivity index (χ0n) is 19.2. The molecule has 1 amide bonds. The van der Waals surface area contributed by atoms with Crippen molar-refractivity contribution in [2.75, 3.05) is 5.32 Å². The molecule has 0 bridgehead atoms. The van der Waals surface area contributed by atoms with Crippen molar-refractivity contribution in [2.24, 2.45) is 0 Å².